The largest absolute Gasteiger partial charge is 0.443 e. The van der Waals surface area contributed by atoms with Crippen LogP contribution in [0.4, 0.5) is 4.79 Å². The highest BCUT2D eigenvalue weighted by molar-refractivity contribution is 6.30. The molecular formula is C24H24ClNO4. The van der Waals surface area contributed by atoms with Crippen molar-refractivity contribution in [2.24, 2.45) is 0 Å². The molecule has 1 aliphatic heterocycles. The van der Waals surface area contributed by atoms with E-state index < -0.39 is 29.6 Å². The van der Waals surface area contributed by atoms with Crippen molar-refractivity contribution in [3.63, 3.8) is 0 Å². The van der Waals surface area contributed by atoms with Gasteiger partial charge in [0.25, 0.3) is 5.91 Å². The third-order valence-electron chi connectivity index (χ3n) is 4.77. The first-order valence-electron chi connectivity index (χ1n) is 9.74. The zero-order chi connectivity index (χ0) is 21.9. The second-order valence-electron chi connectivity index (χ2n) is 8.19. The fraction of sp³-hybridized carbons (Fsp3) is 0.292. The van der Waals surface area contributed by atoms with Gasteiger partial charge in [-0.3, -0.25) is 9.59 Å². The Labute approximate surface area is 181 Å². The van der Waals surface area contributed by atoms with Crippen LogP contribution in [0.1, 0.15) is 49.0 Å². The van der Waals surface area contributed by atoms with Gasteiger partial charge in [0.1, 0.15) is 5.60 Å². The Morgan fingerprint density at radius 3 is 2.30 bits per heavy atom. The number of hydrogen-bond acceptors (Lipinski definition) is 4. The second kappa shape index (κ2) is 8.84. The lowest BCUT2D eigenvalue weighted by molar-refractivity contribution is -0.125. The Balaban J connectivity index is 1.95. The lowest BCUT2D eigenvalue weighted by Gasteiger charge is -2.32. The van der Waals surface area contributed by atoms with E-state index in [4.69, 9.17) is 16.3 Å². The summed E-state index contributed by atoms with van der Waals surface area (Å²) in [6.07, 6.45) is 2.40. The van der Waals surface area contributed by atoms with Crippen molar-refractivity contribution in [1.82, 2.24) is 4.90 Å². The Bertz CT molecular complexity index is 961. The molecule has 0 saturated carbocycles. The number of imide groups is 1. The van der Waals surface area contributed by atoms with Crippen LogP contribution in [0.25, 0.3) is 0 Å². The van der Waals surface area contributed by atoms with Gasteiger partial charge >= 0.3 is 6.09 Å². The maximum Gasteiger partial charge on any atom is 0.417 e. The average molecular weight is 426 g/mol. The highest BCUT2D eigenvalue weighted by atomic mass is 35.5. The molecule has 0 unspecified atom stereocenters. The maximum absolute atomic E-state index is 13.0. The maximum atomic E-state index is 13.0. The van der Waals surface area contributed by atoms with Crippen LogP contribution in [0.15, 0.2) is 66.7 Å². The van der Waals surface area contributed by atoms with E-state index >= 15 is 0 Å². The number of ether oxygens (including phenoxy) is 1. The van der Waals surface area contributed by atoms with Gasteiger partial charge in [0, 0.05) is 29.0 Å². The van der Waals surface area contributed by atoms with E-state index in [-0.39, 0.29) is 12.2 Å². The third kappa shape index (κ3) is 5.16. The highest BCUT2D eigenvalue weighted by Gasteiger charge is 2.40. The van der Waals surface area contributed by atoms with Crippen LogP contribution in [-0.2, 0) is 9.53 Å². The molecule has 2 amide bonds. The summed E-state index contributed by atoms with van der Waals surface area (Å²) in [5, 5.41) is 0.564. The molecule has 1 heterocycles. The summed E-state index contributed by atoms with van der Waals surface area (Å²) >= 11 is 6.03. The lowest BCUT2D eigenvalue weighted by Crippen LogP contribution is -2.45. The summed E-state index contributed by atoms with van der Waals surface area (Å²) in [6.45, 7) is 5.22. The lowest BCUT2D eigenvalue weighted by atomic mass is 9.85. The van der Waals surface area contributed by atoms with Gasteiger partial charge in [0.2, 0.25) is 0 Å². The van der Waals surface area contributed by atoms with Gasteiger partial charge < -0.3 is 4.74 Å². The van der Waals surface area contributed by atoms with Crippen molar-refractivity contribution in [2.45, 2.75) is 44.8 Å². The van der Waals surface area contributed by atoms with Crippen molar-refractivity contribution in [2.75, 3.05) is 0 Å². The molecule has 30 heavy (non-hydrogen) atoms. The first-order valence-corrected chi connectivity index (χ1v) is 10.1. The van der Waals surface area contributed by atoms with Crippen LogP contribution in [0.2, 0.25) is 5.02 Å². The molecular weight excluding hydrogens is 402 g/mol. The molecule has 0 spiro atoms. The number of amides is 2. The number of carbonyl (C=O) groups excluding carboxylic acids is 3. The monoisotopic (exact) mass is 425 g/mol. The minimum absolute atomic E-state index is 0.0764. The smallest absolute Gasteiger partial charge is 0.417 e. The molecule has 0 radical (unpaired) electrons. The van der Waals surface area contributed by atoms with Gasteiger partial charge in [0.15, 0.2) is 5.78 Å². The van der Waals surface area contributed by atoms with Crippen molar-refractivity contribution in [1.29, 1.82) is 0 Å². The number of carbonyl (C=O) groups is 3. The number of rotatable bonds is 5. The molecule has 0 bridgehead atoms. The summed E-state index contributed by atoms with van der Waals surface area (Å²) in [5.74, 6) is -0.974. The summed E-state index contributed by atoms with van der Waals surface area (Å²) in [7, 11) is 0. The van der Waals surface area contributed by atoms with Crippen molar-refractivity contribution < 1.29 is 19.1 Å². The fourth-order valence-corrected chi connectivity index (χ4v) is 3.54. The predicted octanol–water partition coefficient (Wildman–Crippen LogP) is 5.40. The van der Waals surface area contributed by atoms with Crippen molar-refractivity contribution >= 4 is 29.4 Å². The molecule has 2 aromatic carbocycles. The number of ketones is 1. The number of benzene rings is 2. The van der Waals surface area contributed by atoms with Gasteiger partial charge in [0.05, 0.1) is 6.04 Å². The van der Waals surface area contributed by atoms with E-state index in [1.807, 2.05) is 18.2 Å². The quantitative estimate of drug-likeness (QED) is 0.602. The normalized spacial score (nSPS) is 17.1. The molecule has 3 rings (SSSR count). The van der Waals surface area contributed by atoms with Crippen LogP contribution in [0.5, 0.6) is 0 Å². The predicted molar refractivity (Wildman–Crippen MR) is 116 cm³/mol. The molecule has 156 valence electrons. The Morgan fingerprint density at radius 1 is 1.07 bits per heavy atom. The van der Waals surface area contributed by atoms with E-state index in [0.717, 1.165) is 10.5 Å². The zero-order valence-electron chi connectivity index (χ0n) is 17.2. The Morgan fingerprint density at radius 2 is 1.70 bits per heavy atom. The van der Waals surface area contributed by atoms with E-state index in [2.05, 4.69) is 0 Å². The van der Waals surface area contributed by atoms with E-state index in [1.54, 1.807) is 63.2 Å². The van der Waals surface area contributed by atoms with Crippen molar-refractivity contribution in [3.8, 4) is 0 Å². The molecule has 0 fully saturated rings. The minimum Gasteiger partial charge on any atom is -0.443 e. The van der Waals surface area contributed by atoms with Crippen molar-refractivity contribution in [3.05, 3.63) is 82.9 Å². The standard InChI is InChI=1S/C24H24ClNO4/c1-24(2,3)30-23(29)26-20(13-14-22(26)28)19(16-9-11-18(25)12-10-16)15-21(27)17-7-5-4-6-8-17/h4-14,19-20H,15H2,1-3H3/t19-,20+/m1/s1. The molecule has 2 aromatic rings. The van der Waals surface area contributed by atoms with Gasteiger partial charge in [-0.1, -0.05) is 60.1 Å². The van der Waals surface area contributed by atoms with Gasteiger partial charge in [-0.05, 0) is 38.5 Å². The van der Waals surface area contributed by atoms with Crippen LogP contribution in [0.3, 0.4) is 0 Å². The third-order valence-corrected chi connectivity index (χ3v) is 5.03. The van der Waals surface area contributed by atoms with Crippen LogP contribution >= 0.6 is 11.6 Å². The number of hydrogen-bond donors (Lipinski definition) is 0. The average Bonchev–Trinajstić information content (AvgIpc) is 3.07. The zero-order valence-corrected chi connectivity index (χ0v) is 17.9. The molecule has 0 aromatic heterocycles. The molecule has 0 saturated heterocycles. The van der Waals surface area contributed by atoms with Gasteiger partial charge in [-0.2, -0.15) is 0 Å². The Kier molecular flexibility index (Phi) is 6.42. The summed E-state index contributed by atoms with van der Waals surface area (Å²) in [5.41, 5.74) is 0.635. The SMILES string of the molecule is CC(C)(C)OC(=O)N1C(=O)C=C[C@H]1[C@H](CC(=O)c1ccccc1)c1ccc(Cl)cc1. The van der Waals surface area contributed by atoms with Gasteiger partial charge in [-0.15, -0.1) is 0 Å². The molecule has 0 aliphatic carbocycles. The molecule has 1 aliphatic rings. The van der Waals surface area contributed by atoms with Crippen LogP contribution in [0, 0.1) is 0 Å². The van der Waals surface area contributed by atoms with Crippen LogP contribution in [-0.4, -0.2) is 34.3 Å². The van der Waals surface area contributed by atoms with E-state index in [0.29, 0.717) is 10.6 Å². The first-order chi connectivity index (χ1) is 14.2. The second-order valence-corrected chi connectivity index (χ2v) is 8.63. The summed E-state index contributed by atoms with van der Waals surface area (Å²) in [6, 6.07) is 15.4. The van der Waals surface area contributed by atoms with Crippen LogP contribution < -0.4 is 0 Å². The minimum atomic E-state index is -0.750. The molecule has 5 nitrogen and oxygen atoms in total. The molecule has 0 N–H and O–H groups in total. The number of Topliss-reactive ketones (excluding diaryl/α,β-unsaturated/α-hetero) is 1. The summed E-state index contributed by atoms with van der Waals surface area (Å²) < 4.78 is 5.44. The molecule has 2 atom stereocenters. The van der Waals surface area contributed by atoms with E-state index in [1.165, 1.54) is 6.08 Å². The fourth-order valence-electron chi connectivity index (χ4n) is 3.42. The first kappa shape index (κ1) is 21.8. The van der Waals surface area contributed by atoms with Gasteiger partial charge in [-0.25, -0.2) is 9.69 Å². The summed E-state index contributed by atoms with van der Waals surface area (Å²) in [4.78, 5) is 39.3. The number of nitrogens with zero attached hydrogens (tertiary/aromatic N) is 1. The van der Waals surface area contributed by atoms with E-state index in [9.17, 15) is 14.4 Å². The molecule has 6 heteroatoms. The number of halogens is 1. The topological polar surface area (TPSA) is 63.7 Å². The highest BCUT2D eigenvalue weighted by Crippen LogP contribution is 2.34. The Hall–Kier alpha value is -2.92.